The van der Waals surface area contributed by atoms with Crippen LogP contribution in [0.15, 0.2) is 26.0 Å². The topological polar surface area (TPSA) is 89.7 Å². The quantitative estimate of drug-likeness (QED) is 0.788. The number of carbonyl (C=O) groups excluding carboxylic acids is 1. The summed E-state index contributed by atoms with van der Waals surface area (Å²) in [5.74, 6) is 0.124. The molecule has 20 heavy (non-hydrogen) atoms. The summed E-state index contributed by atoms with van der Waals surface area (Å²) in [7, 11) is -0.571. The molecule has 0 aromatic heterocycles. The second-order valence-corrected chi connectivity index (χ2v) is 7.52. The van der Waals surface area contributed by atoms with Crippen molar-refractivity contribution >= 4 is 47.8 Å². The Morgan fingerprint density at radius 3 is 2.10 bits per heavy atom. The van der Waals surface area contributed by atoms with Crippen LogP contribution in [0.3, 0.4) is 0 Å². The SMILES string of the molecule is CC(Oc1c(Br)cc(S(N)(=O)=O)cc1Br)C(=O)N(C)C. The number of nitrogens with zero attached hydrogens (tertiary/aromatic N) is 1. The summed E-state index contributed by atoms with van der Waals surface area (Å²) in [4.78, 5) is 13.1. The van der Waals surface area contributed by atoms with E-state index in [0.29, 0.717) is 14.7 Å². The van der Waals surface area contributed by atoms with Crippen LogP contribution in [0.2, 0.25) is 0 Å². The monoisotopic (exact) mass is 428 g/mol. The lowest BCUT2D eigenvalue weighted by atomic mass is 10.3. The van der Waals surface area contributed by atoms with E-state index >= 15 is 0 Å². The van der Waals surface area contributed by atoms with Crippen molar-refractivity contribution in [3.63, 3.8) is 0 Å². The molecule has 0 aliphatic carbocycles. The number of likely N-dealkylation sites (N-methyl/N-ethyl adjacent to an activating group) is 1. The van der Waals surface area contributed by atoms with Crippen LogP contribution in [0, 0.1) is 0 Å². The number of hydrogen-bond donors (Lipinski definition) is 1. The maximum absolute atomic E-state index is 11.8. The largest absolute Gasteiger partial charge is 0.479 e. The molecule has 2 N–H and O–H groups in total. The zero-order chi connectivity index (χ0) is 15.7. The van der Waals surface area contributed by atoms with Crippen LogP contribution in [0.25, 0.3) is 0 Å². The highest BCUT2D eigenvalue weighted by Gasteiger charge is 2.21. The van der Waals surface area contributed by atoms with Crippen molar-refractivity contribution in [2.45, 2.75) is 17.9 Å². The second-order valence-electron chi connectivity index (χ2n) is 4.25. The number of rotatable bonds is 4. The second kappa shape index (κ2) is 6.42. The van der Waals surface area contributed by atoms with E-state index < -0.39 is 16.1 Å². The molecule has 0 saturated carbocycles. The third-order valence-corrected chi connectivity index (χ3v) is 4.45. The first-order valence-corrected chi connectivity index (χ1v) is 8.57. The fraction of sp³-hybridized carbons (Fsp3) is 0.364. The number of benzene rings is 1. The maximum atomic E-state index is 11.8. The van der Waals surface area contributed by atoms with Crippen LogP contribution in [0.1, 0.15) is 6.92 Å². The summed E-state index contributed by atoms with van der Waals surface area (Å²) in [6, 6.07) is 2.64. The third kappa shape index (κ3) is 4.18. The predicted octanol–water partition coefficient (Wildman–Crippen LogP) is 1.71. The van der Waals surface area contributed by atoms with Crippen molar-refractivity contribution in [1.82, 2.24) is 4.90 Å². The fourth-order valence-corrected chi connectivity index (χ4v) is 3.64. The minimum absolute atomic E-state index is 0.0600. The summed E-state index contributed by atoms with van der Waals surface area (Å²) in [5, 5.41) is 5.06. The Balaban J connectivity index is 3.13. The molecular weight excluding hydrogens is 416 g/mol. The summed E-state index contributed by atoms with van der Waals surface area (Å²) in [6.07, 6.45) is -0.710. The van der Waals surface area contributed by atoms with Gasteiger partial charge in [0, 0.05) is 14.1 Å². The number of halogens is 2. The van der Waals surface area contributed by atoms with E-state index in [4.69, 9.17) is 9.88 Å². The zero-order valence-electron chi connectivity index (χ0n) is 11.1. The summed E-state index contributed by atoms with van der Waals surface area (Å²) < 4.78 is 28.9. The van der Waals surface area contributed by atoms with Gasteiger partial charge in [-0.15, -0.1) is 0 Å². The van der Waals surface area contributed by atoms with Gasteiger partial charge in [-0.1, -0.05) is 0 Å². The molecule has 1 aromatic carbocycles. The molecule has 9 heteroatoms. The Labute approximate surface area is 134 Å². The molecule has 1 unspecified atom stereocenters. The molecule has 0 bridgehead atoms. The van der Waals surface area contributed by atoms with E-state index in [-0.39, 0.29) is 10.8 Å². The van der Waals surface area contributed by atoms with Crippen LogP contribution in [-0.4, -0.2) is 39.4 Å². The predicted molar refractivity (Wildman–Crippen MR) is 82.0 cm³/mol. The Morgan fingerprint density at radius 1 is 1.30 bits per heavy atom. The van der Waals surface area contributed by atoms with Gasteiger partial charge in [-0.05, 0) is 50.9 Å². The standard InChI is InChI=1S/C11H14Br2N2O4S/c1-6(11(16)15(2)3)19-10-8(12)4-7(5-9(10)13)20(14,17)18/h4-6H,1-3H3,(H2,14,17,18). The molecule has 0 fully saturated rings. The Hall–Kier alpha value is -0.640. The first-order valence-electron chi connectivity index (χ1n) is 5.43. The van der Waals surface area contributed by atoms with Crippen molar-refractivity contribution in [3.8, 4) is 5.75 Å². The molecule has 0 saturated heterocycles. The van der Waals surface area contributed by atoms with E-state index in [1.54, 1.807) is 21.0 Å². The van der Waals surface area contributed by atoms with Gasteiger partial charge >= 0.3 is 0 Å². The molecule has 0 radical (unpaired) electrons. The fourth-order valence-electron chi connectivity index (χ4n) is 1.40. The molecule has 0 spiro atoms. The van der Waals surface area contributed by atoms with Crippen LogP contribution in [-0.2, 0) is 14.8 Å². The van der Waals surface area contributed by atoms with Gasteiger partial charge in [-0.3, -0.25) is 4.79 Å². The van der Waals surface area contributed by atoms with E-state index in [1.807, 2.05) is 0 Å². The van der Waals surface area contributed by atoms with E-state index in [0.717, 1.165) is 0 Å². The van der Waals surface area contributed by atoms with E-state index in [2.05, 4.69) is 31.9 Å². The molecule has 112 valence electrons. The van der Waals surface area contributed by atoms with Crippen LogP contribution >= 0.6 is 31.9 Å². The van der Waals surface area contributed by atoms with Gasteiger partial charge in [0.2, 0.25) is 10.0 Å². The van der Waals surface area contributed by atoms with Crippen molar-refractivity contribution in [2.24, 2.45) is 5.14 Å². The first-order chi connectivity index (χ1) is 9.04. The number of ether oxygens (including phenoxy) is 1. The number of carbonyl (C=O) groups is 1. The highest BCUT2D eigenvalue weighted by molar-refractivity contribution is 9.11. The van der Waals surface area contributed by atoms with E-state index in [1.165, 1.54) is 17.0 Å². The smallest absolute Gasteiger partial charge is 0.262 e. The highest BCUT2D eigenvalue weighted by Crippen LogP contribution is 2.36. The van der Waals surface area contributed by atoms with Gasteiger partial charge in [-0.25, -0.2) is 13.6 Å². The Morgan fingerprint density at radius 2 is 1.75 bits per heavy atom. The van der Waals surface area contributed by atoms with Crippen molar-refractivity contribution in [2.75, 3.05) is 14.1 Å². The average molecular weight is 430 g/mol. The van der Waals surface area contributed by atoms with Gasteiger partial charge in [0.1, 0.15) is 5.75 Å². The highest BCUT2D eigenvalue weighted by atomic mass is 79.9. The van der Waals surface area contributed by atoms with Crippen LogP contribution < -0.4 is 9.88 Å². The van der Waals surface area contributed by atoms with Crippen LogP contribution in [0.4, 0.5) is 0 Å². The Kier molecular flexibility index (Phi) is 5.59. The molecule has 0 aliphatic rings. The lowest BCUT2D eigenvalue weighted by molar-refractivity contribution is -0.135. The van der Waals surface area contributed by atoms with Gasteiger partial charge in [0.15, 0.2) is 6.10 Å². The van der Waals surface area contributed by atoms with Gasteiger partial charge in [0.25, 0.3) is 5.91 Å². The zero-order valence-corrected chi connectivity index (χ0v) is 15.0. The third-order valence-electron chi connectivity index (χ3n) is 2.38. The van der Waals surface area contributed by atoms with Crippen molar-refractivity contribution < 1.29 is 17.9 Å². The lowest BCUT2D eigenvalue weighted by Gasteiger charge is -2.20. The molecule has 1 amide bonds. The number of nitrogens with two attached hydrogens (primary N) is 1. The van der Waals surface area contributed by atoms with Gasteiger partial charge in [-0.2, -0.15) is 0 Å². The lowest BCUT2D eigenvalue weighted by Crippen LogP contribution is -2.35. The van der Waals surface area contributed by atoms with Crippen LogP contribution in [0.5, 0.6) is 5.75 Å². The summed E-state index contributed by atoms with van der Waals surface area (Å²) in [6.45, 7) is 1.61. The number of hydrogen-bond acceptors (Lipinski definition) is 4. The minimum Gasteiger partial charge on any atom is -0.479 e. The maximum Gasteiger partial charge on any atom is 0.262 e. The van der Waals surface area contributed by atoms with E-state index in [9.17, 15) is 13.2 Å². The minimum atomic E-state index is -3.81. The molecular formula is C11H14Br2N2O4S. The summed E-state index contributed by atoms with van der Waals surface area (Å²) >= 11 is 6.41. The van der Waals surface area contributed by atoms with Crippen molar-refractivity contribution in [1.29, 1.82) is 0 Å². The van der Waals surface area contributed by atoms with Crippen molar-refractivity contribution in [3.05, 3.63) is 21.1 Å². The first kappa shape index (κ1) is 17.4. The van der Waals surface area contributed by atoms with Gasteiger partial charge in [0.05, 0.1) is 13.8 Å². The normalized spacial score (nSPS) is 12.9. The molecule has 0 heterocycles. The number of sulfonamides is 1. The molecule has 0 aliphatic heterocycles. The molecule has 1 atom stereocenters. The average Bonchev–Trinajstić information content (AvgIpc) is 2.30. The molecule has 1 aromatic rings. The molecule has 1 rings (SSSR count). The Bertz CT molecular complexity index is 608. The van der Waals surface area contributed by atoms with Gasteiger partial charge < -0.3 is 9.64 Å². The number of amides is 1. The molecule has 6 nitrogen and oxygen atoms in total. The summed E-state index contributed by atoms with van der Waals surface area (Å²) in [5.41, 5.74) is 0. The number of primary sulfonamides is 1.